The Morgan fingerprint density at radius 3 is 2.50 bits per heavy atom. The van der Waals surface area contributed by atoms with Crippen LogP contribution in [0.4, 0.5) is 0 Å². The first-order valence-electron chi connectivity index (χ1n) is 3.58. The summed E-state index contributed by atoms with van der Waals surface area (Å²) >= 11 is 11.2. The molecule has 0 saturated heterocycles. The molecular weight excluding hydrogens is 171 g/mol. The average molecular weight is 185 g/mol. The van der Waals surface area contributed by atoms with Crippen molar-refractivity contribution < 1.29 is 5.11 Å². The minimum Gasteiger partial charge on any atom is -0.393 e. The molecule has 1 nitrogen and oxygen atoms in total. The van der Waals surface area contributed by atoms with Crippen LogP contribution in [0.3, 0.4) is 0 Å². The van der Waals surface area contributed by atoms with Gasteiger partial charge < -0.3 is 5.11 Å². The van der Waals surface area contributed by atoms with E-state index < -0.39 is 0 Å². The zero-order valence-electron chi connectivity index (χ0n) is 6.19. The van der Waals surface area contributed by atoms with E-state index in [1.54, 1.807) is 0 Å². The van der Waals surface area contributed by atoms with Crippen LogP contribution in [0.25, 0.3) is 0 Å². The third kappa shape index (κ3) is 5.33. The molecule has 0 aromatic heterocycles. The molecule has 3 heteroatoms. The molecule has 0 rings (SSSR count). The Balaban J connectivity index is 3.27. The summed E-state index contributed by atoms with van der Waals surface area (Å²) in [5.74, 6) is 0.419. The van der Waals surface area contributed by atoms with Gasteiger partial charge in [0.1, 0.15) is 0 Å². The normalized spacial score (nSPS) is 16.8. The van der Waals surface area contributed by atoms with Crippen molar-refractivity contribution in [3.63, 3.8) is 0 Å². The van der Waals surface area contributed by atoms with Crippen molar-refractivity contribution in [3.05, 3.63) is 0 Å². The molecule has 0 aliphatic rings. The summed E-state index contributed by atoms with van der Waals surface area (Å²) in [7, 11) is 0. The molecule has 0 bridgehead atoms. The van der Waals surface area contributed by atoms with Gasteiger partial charge in [-0.25, -0.2) is 0 Å². The molecule has 0 fully saturated rings. The van der Waals surface area contributed by atoms with Crippen molar-refractivity contribution >= 4 is 23.2 Å². The summed E-state index contributed by atoms with van der Waals surface area (Å²) in [6, 6.07) is 0. The highest BCUT2D eigenvalue weighted by Crippen LogP contribution is 2.10. The molecule has 1 N–H and O–H groups in total. The molecule has 0 radical (unpaired) electrons. The van der Waals surface area contributed by atoms with Crippen LogP contribution in [0.1, 0.15) is 26.2 Å². The summed E-state index contributed by atoms with van der Waals surface area (Å²) in [5.41, 5.74) is 0. The van der Waals surface area contributed by atoms with Gasteiger partial charge in [-0.2, -0.15) is 0 Å². The van der Waals surface area contributed by atoms with Crippen LogP contribution in [0, 0.1) is 0 Å². The molecule has 10 heavy (non-hydrogen) atoms. The molecule has 0 aliphatic carbocycles. The molecule has 0 aliphatic heterocycles. The Labute approximate surface area is 72.3 Å². The third-order valence-electron chi connectivity index (χ3n) is 1.32. The Bertz CT molecular complexity index is 78.0. The van der Waals surface area contributed by atoms with Gasteiger partial charge in [0.2, 0.25) is 0 Å². The van der Waals surface area contributed by atoms with Crippen LogP contribution in [0.2, 0.25) is 0 Å². The van der Waals surface area contributed by atoms with Crippen molar-refractivity contribution in [2.45, 2.75) is 37.7 Å². The summed E-state index contributed by atoms with van der Waals surface area (Å²) in [6.07, 6.45) is 2.15. The zero-order chi connectivity index (χ0) is 7.98. The monoisotopic (exact) mass is 184 g/mol. The quantitative estimate of drug-likeness (QED) is 0.652. The van der Waals surface area contributed by atoms with E-state index in [1.807, 2.05) is 6.92 Å². The van der Waals surface area contributed by atoms with Crippen LogP contribution in [-0.2, 0) is 0 Å². The second-order valence-electron chi connectivity index (χ2n) is 2.43. The van der Waals surface area contributed by atoms with Crippen LogP contribution >= 0.6 is 23.2 Å². The van der Waals surface area contributed by atoms with Gasteiger partial charge in [0, 0.05) is 11.3 Å². The molecule has 0 spiro atoms. The number of alkyl halides is 2. The number of hydrogen-bond acceptors (Lipinski definition) is 1. The minimum atomic E-state index is -0.272. The van der Waals surface area contributed by atoms with Crippen molar-refractivity contribution in [2.24, 2.45) is 0 Å². The summed E-state index contributed by atoms with van der Waals surface area (Å²) < 4.78 is 0. The van der Waals surface area contributed by atoms with E-state index in [0.717, 1.165) is 12.8 Å². The van der Waals surface area contributed by atoms with E-state index in [4.69, 9.17) is 23.2 Å². The highest BCUT2D eigenvalue weighted by molar-refractivity contribution is 6.28. The van der Waals surface area contributed by atoms with Crippen molar-refractivity contribution in [2.75, 3.05) is 5.88 Å². The minimum absolute atomic E-state index is 0.0804. The zero-order valence-corrected chi connectivity index (χ0v) is 7.70. The van der Waals surface area contributed by atoms with Crippen LogP contribution in [0.5, 0.6) is 0 Å². The maximum atomic E-state index is 9.21. The van der Waals surface area contributed by atoms with Gasteiger partial charge in [0.25, 0.3) is 0 Å². The SMILES string of the molecule is CCCC(O)CC(Cl)CCl. The van der Waals surface area contributed by atoms with Gasteiger partial charge in [-0.05, 0) is 12.8 Å². The number of halogens is 2. The largest absolute Gasteiger partial charge is 0.393 e. The predicted octanol–water partition coefficient (Wildman–Crippen LogP) is 2.38. The van der Waals surface area contributed by atoms with Gasteiger partial charge in [-0.15, -0.1) is 23.2 Å². The van der Waals surface area contributed by atoms with Gasteiger partial charge >= 0.3 is 0 Å². The summed E-state index contributed by atoms with van der Waals surface area (Å²) in [4.78, 5) is 0. The second kappa shape index (κ2) is 6.26. The molecule has 0 aromatic rings. The molecular formula is C7H14Cl2O. The molecule has 2 atom stereocenters. The first-order valence-corrected chi connectivity index (χ1v) is 4.55. The topological polar surface area (TPSA) is 20.2 Å². The Morgan fingerprint density at radius 2 is 2.10 bits per heavy atom. The predicted molar refractivity (Wildman–Crippen MR) is 45.9 cm³/mol. The van der Waals surface area contributed by atoms with E-state index in [0.29, 0.717) is 12.3 Å². The van der Waals surface area contributed by atoms with Crippen molar-refractivity contribution in [3.8, 4) is 0 Å². The maximum absolute atomic E-state index is 9.21. The lowest BCUT2D eigenvalue weighted by atomic mass is 10.1. The number of aliphatic hydroxyl groups is 1. The standard InChI is InChI=1S/C7H14Cl2O/c1-2-3-7(10)4-6(9)5-8/h6-7,10H,2-5H2,1H3. The van der Waals surface area contributed by atoms with Gasteiger partial charge in [-0.1, -0.05) is 13.3 Å². The smallest absolute Gasteiger partial charge is 0.0554 e. The van der Waals surface area contributed by atoms with Gasteiger partial charge in [-0.3, -0.25) is 0 Å². The van der Waals surface area contributed by atoms with Crippen LogP contribution in [-0.4, -0.2) is 22.5 Å². The number of rotatable bonds is 5. The summed E-state index contributed by atoms with van der Waals surface area (Å²) in [5, 5.41) is 9.13. The molecule has 0 heterocycles. The number of hydrogen-bond donors (Lipinski definition) is 1. The fourth-order valence-electron chi connectivity index (χ4n) is 0.809. The van der Waals surface area contributed by atoms with Crippen molar-refractivity contribution in [1.29, 1.82) is 0 Å². The first kappa shape index (κ1) is 10.5. The second-order valence-corrected chi connectivity index (χ2v) is 3.36. The van der Waals surface area contributed by atoms with E-state index in [2.05, 4.69) is 0 Å². The Kier molecular flexibility index (Phi) is 6.60. The number of aliphatic hydroxyl groups excluding tert-OH is 1. The van der Waals surface area contributed by atoms with Gasteiger partial charge in [0.05, 0.1) is 6.10 Å². The van der Waals surface area contributed by atoms with Crippen LogP contribution in [0.15, 0.2) is 0 Å². The lowest BCUT2D eigenvalue weighted by Gasteiger charge is -2.10. The average Bonchev–Trinajstić information content (AvgIpc) is 1.88. The van der Waals surface area contributed by atoms with E-state index in [1.165, 1.54) is 0 Å². The molecule has 0 aromatic carbocycles. The Morgan fingerprint density at radius 1 is 1.50 bits per heavy atom. The molecule has 0 amide bonds. The maximum Gasteiger partial charge on any atom is 0.0554 e. The fraction of sp³-hybridized carbons (Fsp3) is 1.00. The lowest BCUT2D eigenvalue weighted by Crippen LogP contribution is -2.14. The highest BCUT2D eigenvalue weighted by Gasteiger charge is 2.09. The highest BCUT2D eigenvalue weighted by atomic mass is 35.5. The fourth-order valence-corrected chi connectivity index (χ4v) is 1.14. The van der Waals surface area contributed by atoms with Crippen LogP contribution < -0.4 is 0 Å². The van der Waals surface area contributed by atoms with E-state index in [9.17, 15) is 5.11 Å². The first-order chi connectivity index (χ1) is 4.70. The molecule has 0 saturated carbocycles. The summed E-state index contributed by atoms with van der Waals surface area (Å²) in [6.45, 7) is 2.03. The Hall–Kier alpha value is 0.540. The van der Waals surface area contributed by atoms with Crippen molar-refractivity contribution in [1.82, 2.24) is 0 Å². The van der Waals surface area contributed by atoms with E-state index in [-0.39, 0.29) is 11.5 Å². The molecule has 2 unspecified atom stereocenters. The third-order valence-corrected chi connectivity index (χ3v) is 2.18. The molecule has 62 valence electrons. The van der Waals surface area contributed by atoms with Gasteiger partial charge in [0.15, 0.2) is 0 Å². The van der Waals surface area contributed by atoms with E-state index >= 15 is 0 Å². The lowest BCUT2D eigenvalue weighted by molar-refractivity contribution is 0.154.